The lowest BCUT2D eigenvalue weighted by molar-refractivity contribution is -0.137. The molecule has 0 aliphatic heterocycles. The summed E-state index contributed by atoms with van der Waals surface area (Å²) < 4.78 is 38.4. The fourth-order valence-corrected chi connectivity index (χ4v) is 2.43. The van der Waals surface area contributed by atoms with Crippen LogP contribution in [0.1, 0.15) is 5.56 Å². The van der Waals surface area contributed by atoms with Gasteiger partial charge in [-0.2, -0.15) is 13.2 Å². The van der Waals surface area contributed by atoms with Gasteiger partial charge in [0.05, 0.1) is 26.3 Å². The van der Waals surface area contributed by atoms with Gasteiger partial charge in [0.15, 0.2) is 0 Å². The number of aromatic nitrogens is 1. The molecule has 0 spiro atoms. The maximum Gasteiger partial charge on any atom is 0.489 e. The number of hydrogen-bond donors (Lipinski definition) is 2. The van der Waals surface area contributed by atoms with Gasteiger partial charge in [0, 0.05) is 11.8 Å². The van der Waals surface area contributed by atoms with Crippen molar-refractivity contribution in [3.05, 3.63) is 45.0 Å². The molecule has 0 bridgehead atoms. The van der Waals surface area contributed by atoms with E-state index in [4.69, 9.17) is 44.9 Å². The second kappa shape index (κ2) is 6.25. The third kappa shape index (κ3) is 3.50. The van der Waals surface area contributed by atoms with Crippen LogP contribution in [0, 0.1) is 0 Å². The Hall–Kier alpha value is -0.985. The monoisotopic (exact) mass is 369 g/mol. The van der Waals surface area contributed by atoms with Crippen LogP contribution in [0.25, 0.3) is 11.3 Å². The molecule has 0 unspecified atom stereocenters. The van der Waals surface area contributed by atoms with Gasteiger partial charge >= 0.3 is 13.3 Å². The second-order valence-corrected chi connectivity index (χ2v) is 5.50. The molecule has 22 heavy (non-hydrogen) atoms. The maximum atomic E-state index is 12.8. The van der Waals surface area contributed by atoms with Crippen LogP contribution in [0.4, 0.5) is 13.2 Å². The molecule has 0 atom stereocenters. The van der Waals surface area contributed by atoms with Crippen molar-refractivity contribution in [1.29, 1.82) is 0 Å². The number of pyridine rings is 1. The number of alkyl halides is 3. The molecule has 1 heterocycles. The van der Waals surface area contributed by atoms with Crippen LogP contribution < -0.4 is 5.46 Å². The molecular weight excluding hydrogens is 364 g/mol. The van der Waals surface area contributed by atoms with Crippen molar-refractivity contribution in [2.75, 3.05) is 0 Å². The van der Waals surface area contributed by atoms with Gasteiger partial charge in [0.2, 0.25) is 0 Å². The van der Waals surface area contributed by atoms with E-state index < -0.39 is 24.3 Å². The Kier molecular flexibility index (Phi) is 4.94. The van der Waals surface area contributed by atoms with Crippen molar-refractivity contribution < 1.29 is 23.2 Å². The maximum absolute atomic E-state index is 12.8. The van der Waals surface area contributed by atoms with Gasteiger partial charge < -0.3 is 10.0 Å². The minimum Gasteiger partial charge on any atom is -0.423 e. The van der Waals surface area contributed by atoms with Crippen LogP contribution in [0.5, 0.6) is 0 Å². The molecule has 0 amide bonds. The highest BCUT2D eigenvalue weighted by atomic mass is 35.5. The first-order valence-corrected chi connectivity index (χ1v) is 6.83. The van der Waals surface area contributed by atoms with Gasteiger partial charge in [-0.15, -0.1) is 0 Å². The third-order valence-corrected chi connectivity index (χ3v) is 3.84. The zero-order valence-electron chi connectivity index (χ0n) is 10.5. The van der Waals surface area contributed by atoms with Crippen LogP contribution in [0.15, 0.2) is 24.4 Å². The summed E-state index contributed by atoms with van der Waals surface area (Å²) in [5.74, 6) is 0. The molecule has 116 valence electrons. The lowest BCUT2D eigenvalue weighted by Crippen LogP contribution is -2.36. The van der Waals surface area contributed by atoms with E-state index in [9.17, 15) is 13.2 Å². The highest BCUT2D eigenvalue weighted by Crippen LogP contribution is 2.35. The Morgan fingerprint density at radius 3 is 2.09 bits per heavy atom. The van der Waals surface area contributed by atoms with Crippen LogP contribution in [-0.4, -0.2) is 22.2 Å². The van der Waals surface area contributed by atoms with Crippen molar-refractivity contribution in [1.82, 2.24) is 4.98 Å². The van der Waals surface area contributed by atoms with Crippen molar-refractivity contribution in [2.24, 2.45) is 0 Å². The van der Waals surface area contributed by atoms with E-state index in [1.54, 1.807) is 0 Å². The highest BCUT2D eigenvalue weighted by molar-refractivity contribution is 6.59. The SMILES string of the molecule is OB(O)c1cc(-c2cc(Cl)c(Cl)cc2Cl)ncc1C(F)(F)F. The minimum absolute atomic E-state index is 0.000309. The Labute approximate surface area is 138 Å². The smallest absolute Gasteiger partial charge is 0.423 e. The number of rotatable bonds is 2. The molecule has 0 saturated heterocycles. The molecule has 2 aromatic rings. The molecule has 2 N–H and O–H groups in total. The number of halogens is 6. The summed E-state index contributed by atoms with van der Waals surface area (Å²) in [6.07, 6.45) is -4.27. The second-order valence-electron chi connectivity index (χ2n) is 4.27. The highest BCUT2D eigenvalue weighted by Gasteiger charge is 2.37. The molecule has 1 aromatic carbocycles. The first kappa shape index (κ1) is 17.4. The topological polar surface area (TPSA) is 53.4 Å². The molecule has 3 nitrogen and oxygen atoms in total. The molecule has 1 aromatic heterocycles. The molecule has 2 rings (SSSR count). The third-order valence-electron chi connectivity index (χ3n) is 2.81. The lowest BCUT2D eigenvalue weighted by atomic mass is 9.77. The van der Waals surface area contributed by atoms with E-state index >= 15 is 0 Å². The van der Waals surface area contributed by atoms with Crippen molar-refractivity contribution >= 4 is 47.4 Å². The minimum atomic E-state index is -4.77. The molecule has 10 heteroatoms. The summed E-state index contributed by atoms with van der Waals surface area (Å²) in [4.78, 5) is 3.66. The first-order valence-electron chi connectivity index (χ1n) is 5.69. The predicted octanol–water partition coefficient (Wildman–Crippen LogP) is 3.41. The van der Waals surface area contributed by atoms with Crippen LogP contribution in [0.3, 0.4) is 0 Å². The van der Waals surface area contributed by atoms with Gasteiger partial charge in [-0.05, 0) is 23.7 Å². The molecule has 0 aliphatic carbocycles. The molecule has 0 saturated carbocycles. The fourth-order valence-electron chi connectivity index (χ4n) is 1.79. The van der Waals surface area contributed by atoms with Crippen LogP contribution in [-0.2, 0) is 6.18 Å². The summed E-state index contributed by atoms with van der Waals surface area (Å²) >= 11 is 17.6. The Morgan fingerprint density at radius 2 is 1.55 bits per heavy atom. The van der Waals surface area contributed by atoms with Gasteiger partial charge in [-0.1, -0.05) is 34.8 Å². The standard InChI is InChI=1S/C12H6BCl3F3NO2/c14-8-3-10(16)9(15)1-5(8)11-2-7(13(21)22)6(4-20-11)12(17,18)19/h1-4,21-22H. The summed E-state index contributed by atoms with van der Waals surface area (Å²) in [7, 11) is -2.32. The fraction of sp³-hybridized carbons (Fsp3) is 0.0833. The van der Waals surface area contributed by atoms with E-state index in [0.717, 1.165) is 6.07 Å². The van der Waals surface area contributed by atoms with Crippen molar-refractivity contribution in [3.63, 3.8) is 0 Å². The van der Waals surface area contributed by atoms with E-state index in [-0.39, 0.29) is 26.3 Å². The lowest BCUT2D eigenvalue weighted by Gasteiger charge is -2.14. The number of benzene rings is 1. The molecule has 0 fully saturated rings. The zero-order chi connectivity index (χ0) is 16.7. The van der Waals surface area contributed by atoms with Crippen molar-refractivity contribution in [3.8, 4) is 11.3 Å². The van der Waals surface area contributed by atoms with Crippen LogP contribution in [0.2, 0.25) is 15.1 Å². The van der Waals surface area contributed by atoms with Crippen molar-refractivity contribution in [2.45, 2.75) is 6.18 Å². The molecule has 0 radical (unpaired) electrons. The average Bonchev–Trinajstić information content (AvgIpc) is 2.41. The quantitative estimate of drug-likeness (QED) is 0.629. The first-order chi connectivity index (χ1) is 10.1. The van der Waals surface area contributed by atoms with Gasteiger partial charge in [-0.3, -0.25) is 4.98 Å². The van der Waals surface area contributed by atoms with E-state index in [0.29, 0.717) is 6.20 Å². The van der Waals surface area contributed by atoms with Crippen LogP contribution >= 0.6 is 34.8 Å². The van der Waals surface area contributed by atoms with Gasteiger partial charge in [0.25, 0.3) is 0 Å². The Morgan fingerprint density at radius 1 is 0.955 bits per heavy atom. The normalized spacial score (nSPS) is 11.6. The summed E-state index contributed by atoms with van der Waals surface area (Å²) in [5, 5.41) is 18.7. The number of nitrogens with zero attached hydrogens (tertiary/aromatic N) is 1. The van der Waals surface area contributed by atoms with E-state index in [1.165, 1.54) is 12.1 Å². The summed E-state index contributed by atoms with van der Waals surface area (Å²) in [5.41, 5.74) is -1.77. The Bertz CT molecular complexity index is 725. The van der Waals surface area contributed by atoms with Gasteiger partial charge in [0.1, 0.15) is 0 Å². The average molecular weight is 370 g/mol. The molecule has 0 aliphatic rings. The summed E-state index contributed by atoms with van der Waals surface area (Å²) in [6, 6.07) is 3.53. The zero-order valence-corrected chi connectivity index (χ0v) is 12.8. The molecular formula is C12H6BCl3F3NO2. The predicted molar refractivity (Wildman–Crippen MR) is 79.5 cm³/mol. The summed E-state index contributed by atoms with van der Waals surface area (Å²) in [6.45, 7) is 0. The van der Waals surface area contributed by atoms with Gasteiger partial charge in [-0.25, -0.2) is 0 Å². The van der Waals surface area contributed by atoms with E-state index in [2.05, 4.69) is 4.98 Å². The number of hydrogen-bond acceptors (Lipinski definition) is 3. The largest absolute Gasteiger partial charge is 0.489 e. The van der Waals surface area contributed by atoms with E-state index in [1.807, 2.05) is 0 Å². The Balaban J connectivity index is 2.64.